The lowest BCUT2D eigenvalue weighted by Gasteiger charge is -2.25. The average molecular weight is 231 g/mol. The highest BCUT2D eigenvalue weighted by Crippen LogP contribution is 2.17. The summed E-state index contributed by atoms with van der Waals surface area (Å²) < 4.78 is 0. The minimum absolute atomic E-state index is 0.359. The largest absolute Gasteiger partial charge is 0.351 e. The molecule has 86 valence electrons. The van der Waals surface area contributed by atoms with Crippen molar-refractivity contribution in [3.63, 3.8) is 0 Å². The zero-order valence-electron chi connectivity index (χ0n) is 8.79. The van der Waals surface area contributed by atoms with Crippen LogP contribution in [0.5, 0.6) is 0 Å². The molecule has 0 saturated carbocycles. The summed E-state index contributed by atoms with van der Waals surface area (Å²) in [5.41, 5.74) is 4.86. The van der Waals surface area contributed by atoms with Crippen molar-refractivity contribution < 1.29 is 9.59 Å². The molecule has 1 aliphatic rings. The molecule has 6 heteroatoms. The van der Waals surface area contributed by atoms with Gasteiger partial charge in [-0.1, -0.05) is 0 Å². The molecule has 2 atom stereocenters. The van der Waals surface area contributed by atoms with E-state index in [1.807, 2.05) is 11.8 Å². The standard InChI is InChI=1S/C9H17N3O2S/c1-6(8(13)12-9(10)14)11-7-3-2-4-15-5-7/h6-7,11H,2-5H2,1H3,(H3,10,12,13,14). The van der Waals surface area contributed by atoms with Crippen molar-refractivity contribution in [2.24, 2.45) is 5.73 Å². The van der Waals surface area contributed by atoms with Crippen LogP contribution < -0.4 is 16.4 Å². The summed E-state index contributed by atoms with van der Waals surface area (Å²) in [5.74, 6) is 1.85. The first-order valence-corrected chi connectivity index (χ1v) is 6.19. The Morgan fingerprint density at radius 2 is 2.27 bits per heavy atom. The lowest BCUT2D eigenvalue weighted by molar-refractivity contribution is -0.121. The molecule has 1 rings (SSSR count). The Balaban J connectivity index is 2.29. The molecule has 15 heavy (non-hydrogen) atoms. The van der Waals surface area contributed by atoms with Crippen LogP contribution in [-0.4, -0.2) is 35.5 Å². The van der Waals surface area contributed by atoms with Gasteiger partial charge in [-0.15, -0.1) is 0 Å². The monoisotopic (exact) mass is 231 g/mol. The maximum atomic E-state index is 11.3. The van der Waals surface area contributed by atoms with Crippen molar-refractivity contribution in [1.29, 1.82) is 0 Å². The normalized spacial score (nSPS) is 23.1. The molecule has 1 saturated heterocycles. The van der Waals surface area contributed by atoms with Gasteiger partial charge in [-0.05, 0) is 25.5 Å². The molecule has 2 unspecified atom stereocenters. The van der Waals surface area contributed by atoms with Crippen LogP contribution in [0.2, 0.25) is 0 Å². The van der Waals surface area contributed by atoms with Crippen LogP contribution in [-0.2, 0) is 4.79 Å². The summed E-state index contributed by atoms with van der Waals surface area (Å²) in [7, 11) is 0. The minimum atomic E-state index is -0.799. The SMILES string of the molecule is CC(NC1CCCSC1)C(=O)NC(N)=O. The molecule has 5 nitrogen and oxygen atoms in total. The molecule has 1 fully saturated rings. The second-order valence-electron chi connectivity index (χ2n) is 3.66. The van der Waals surface area contributed by atoms with Crippen LogP contribution in [0.4, 0.5) is 4.79 Å². The number of amides is 3. The van der Waals surface area contributed by atoms with E-state index in [2.05, 4.69) is 10.6 Å². The van der Waals surface area contributed by atoms with E-state index in [0.29, 0.717) is 6.04 Å². The lowest BCUT2D eigenvalue weighted by atomic mass is 10.1. The molecule has 0 aromatic heterocycles. The quantitative estimate of drug-likeness (QED) is 0.641. The lowest BCUT2D eigenvalue weighted by Crippen LogP contribution is -2.50. The molecule has 1 heterocycles. The van der Waals surface area contributed by atoms with Crippen LogP contribution in [0.25, 0.3) is 0 Å². The van der Waals surface area contributed by atoms with Crippen molar-refractivity contribution in [2.45, 2.75) is 31.8 Å². The molecule has 0 bridgehead atoms. The fraction of sp³-hybridized carbons (Fsp3) is 0.778. The highest BCUT2D eigenvalue weighted by atomic mass is 32.2. The molecule has 0 aromatic carbocycles. The fourth-order valence-electron chi connectivity index (χ4n) is 1.53. The van der Waals surface area contributed by atoms with Gasteiger partial charge in [0.2, 0.25) is 5.91 Å². The number of nitrogens with two attached hydrogens (primary N) is 1. The number of hydrogen-bond acceptors (Lipinski definition) is 4. The van der Waals surface area contributed by atoms with E-state index < -0.39 is 6.03 Å². The minimum Gasteiger partial charge on any atom is -0.351 e. The second kappa shape index (κ2) is 5.97. The summed E-state index contributed by atoms with van der Waals surface area (Å²) in [5, 5.41) is 5.25. The number of nitrogens with one attached hydrogen (secondary N) is 2. The third-order valence-electron chi connectivity index (χ3n) is 2.29. The number of urea groups is 1. The Kier molecular flexibility index (Phi) is 4.90. The third kappa shape index (κ3) is 4.53. The zero-order valence-corrected chi connectivity index (χ0v) is 9.60. The first kappa shape index (κ1) is 12.3. The summed E-state index contributed by atoms with van der Waals surface area (Å²) in [4.78, 5) is 21.8. The molecular weight excluding hydrogens is 214 g/mol. The van der Waals surface area contributed by atoms with Gasteiger partial charge in [-0.25, -0.2) is 4.79 Å². The average Bonchev–Trinajstić information content (AvgIpc) is 2.18. The Morgan fingerprint density at radius 1 is 1.53 bits per heavy atom. The van der Waals surface area contributed by atoms with Crippen molar-refractivity contribution in [3.05, 3.63) is 0 Å². The number of hydrogen-bond donors (Lipinski definition) is 3. The van der Waals surface area contributed by atoms with Crippen LogP contribution >= 0.6 is 11.8 Å². The predicted molar refractivity (Wildman–Crippen MR) is 60.7 cm³/mol. The van der Waals surface area contributed by atoms with E-state index in [9.17, 15) is 9.59 Å². The molecule has 0 aromatic rings. The summed E-state index contributed by atoms with van der Waals surface area (Å²) in [6.45, 7) is 1.73. The van der Waals surface area contributed by atoms with E-state index >= 15 is 0 Å². The predicted octanol–water partition coefficient (Wildman–Crippen LogP) is 0.0550. The molecular formula is C9H17N3O2S. The molecule has 0 radical (unpaired) electrons. The van der Waals surface area contributed by atoms with Gasteiger partial charge in [0.05, 0.1) is 6.04 Å². The van der Waals surface area contributed by atoms with Gasteiger partial charge < -0.3 is 11.1 Å². The number of rotatable bonds is 3. The summed E-state index contributed by atoms with van der Waals surface area (Å²) >= 11 is 1.88. The van der Waals surface area contributed by atoms with E-state index in [1.54, 1.807) is 6.92 Å². The third-order valence-corrected chi connectivity index (χ3v) is 3.50. The second-order valence-corrected chi connectivity index (χ2v) is 4.81. The van der Waals surface area contributed by atoms with Gasteiger partial charge >= 0.3 is 6.03 Å². The van der Waals surface area contributed by atoms with E-state index in [4.69, 9.17) is 5.73 Å². The maximum Gasteiger partial charge on any atom is 0.318 e. The maximum absolute atomic E-state index is 11.3. The Labute approximate surface area is 93.5 Å². The topological polar surface area (TPSA) is 84.2 Å². The smallest absolute Gasteiger partial charge is 0.318 e. The first-order chi connectivity index (χ1) is 7.09. The van der Waals surface area contributed by atoms with Gasteiger partial charge in [-0.2, -0.15) is 11.8 Å². The Morgan fingerprint density at radius 3 is 2.80 bits per heavy atom. The van der Waals surface area contributed by atoms with Gasteiger partial charge in [0.25, 0.3) is 0 Å². The van der Waals surface area contributed by atoms with Crippen LogP contribution in [0.15, 0.2) is 0 Å². The zero-order chi connectivity index (χ0) is 11.3. The van der Waals surface area contributed by atoms with E-state index in [-0.39, 0.29) is 11.9 Å². The number of primary amides is 1. The molecule has 4 N–H and O–H groups in total. The van der Waals surface area contributed by atoms with Gasteiger partial charge in [0.1, 0.15) is 0 Å². The number of carbonyl (C=O) groups is 2. The number of imide groups is 1. The van der Waals surface area contributed by atoms with E-state index in [1.165, 1.54) is 12.2 Å². The Hall–Kier alpha value is -0.750. The molecule has 0 aliphatic carbocycles. The van der Waals surface area contributed by atoms with Crippen LogP contribution in [0.3, 0.4) is 0 Å². The summed E-state index contributed by atoms with van der Waals surface area (Å²) in [6.07, 6.45) is 2.26. The first-order valence-electron chi connectivity index (χ1n) is 5.03. The van der Waals surface area contributed by atoms with E-state index in [0.717, 1.165) is 12.2 Å². The van der Waals surface area contributed by atoms with Crippen molar-refractivity contribution in [3.8, 4) is 0 Å². The van der Waals surface area contributed by atoms with Crippen LogP contribution in [0, 0.1) is 0 Å². The fourth-order valence-corrected chi connectivity index (χ4v) is 2.62. The van der Waals surface area contributed by atoms with Crippen molar-refractivity contribution in [1.82, 2.24) is 10.6 Å². The van der Waals surface area contributed by atoms with Gasteiger partial charge in [-0.3, -0.25) is 10.1 Å². The molecule has 3 amide bonds. The molecule has 1 aliphatic heterocycles. The highest BCUT2D eigenvalue weighted by molar-refractivity contribution is 7.99. The summed E-state index contributed by atoms with van der Waals surface area (Å²) in [6, 6.07) is -0.815. The van der Waals surface area contributed by atoms with Gasteiger partial charge in [0.15, 0.2) is 0 Å². The van der Waals surface area contributed by atoms with Crippen molar-refractivity contribution >= 4 is 23.7 Å². The Bertz CT molecular complexity index is 242. The number of thioether (sulfide) groups is 1. The molecule has 0 spiro atoms. The highest BCUT2D eigenvalue weighted by Gasteiger charge is 2.20. The van der Waals surface area contributed by atoms with Crippen molar-refractivity contribution in [2.75, 3.05) is 11.5 Å². The van der Waals surface area contributed by atoms with Gasteiger partial charge in [0, 0.05) is 11.8 Å². The number of carbonyl (C=O) groups excluding carboxylic acids is 2. The van der Waals surface area contributed by atoms with Crippen LogP contribution in [0.1, 0.15) is 19.8 Å².